The lowest BCUT2D eigenvalue weighted by atomic mass is 10.2. The van der Waals surface area contributed by atoms with Gasteiger partial charge < -0.3 is 20.4 Å². The van der Waals surface area contributed by atoms with E-state index in [4.69, 9.17) is 10.5 Å². The standard InChI is InChI=1S/C26H26N6O5S/c1-17-7-10-22(11-8-17)38(35,36)30-25-12-9-21(15-32(25)16-24(27)33)37-20-6-4-5-19(14-20)28-26(34)23-13-18(2)29-31(23)3/h4-15H,16H2,1-3H3,(H2,27,33)(H,28,34). The van der Waals surface area contributed by atoms with Crippen LogP contribution in [0.4, 0.5) is 5.69 Å². The van der Waals surface area contributed by atoms with Crippen molar-refractivity contribution in [2.75, 3.05) is 5.32 Å². The van der Waals surface area contributed by atoms with Crippen LogP contribution in [-0.2, 0) is 28.4 Å². The smallest absolute Gasteiger partial charge is 0.284 e. The van der Waals surface area contributed by atoms with Gasteiger partial charge in [-0.2, -0.15) is 13.5 Å². The highest BCUT2D eigenvalue weighted by Gasteiger charge is 2.14. The maximum absolute atomic E-state index is 12.8. The third-order valence-electron chi connectivity index (χ3n) is 5.39. The molecule has 2 heterocycles. The largest absolute Gasteiger partial charge is 0.456 e. The van der Waals surface area contributed by atoms with Gasteiger partial charge in [-0.1, -0.05) is 23.8 Å². The summed E-state index contributed by atoms with van der Waals surface area (Å²) in [6.45, 7) is 3.32. The lowest BCUT2D eigenvalue weighted by Gasteiger charge is -2.12. The summed E-state index contributed by atoms with van der Waals surface area (Å²) in [4.78, 5) is 24.3. The van der Waals surface area contributed by atoms with Gasteiger partial charge in [-0.15, -0.1) is 4.40 Å². The molecule has 4 rings (SSSR count). The molecule has 0 saturated carbocycles. The lowest BCUT2D eigenvalue weighted by Crippen LogP contribution is -2.28. The Morgan fingerprint density at radius 2 is 1.76 bits per heavy atom. The predicted octanol–water partition coefficient (Wildman–Crippen LogP) is 2.66. The molecule has 0 aliphatic carbocycles. The summed E-state index contributed by atoms with van der Waals surface area (Å²) >= 11 is 0. The molecule has 3 N–H and O–H groups in total. The van der Waals surface area contributed by atoms with E-state index in [1.54, 1.807) is 56.4 Å². The zero-order valence-corrected chi connectivity index (χ0v) is 21.8. The van der Waals surface area contributed by atoms with Crippen LogP contribution >= 0.6 is 0 Å². The topological polar surface area (TPSA) is 151 Å². The fraction of sp³-hybridized carbons (Fsp3) is 0.154. The molecule has 11 nitrogen and oxygen atoms in total. The van der Waals surface area contributed by atoms with Crippen molar-refractivity contribution >= 4 is 27.5 Å². The Labute approximate surface area is 219 Å². The molecule has 196 valence electrons. The molecule has 0 aliphatic rings. The van der Waals surface area contributed by atoms with Gasteiger partial charge in [0.25, 0.3) is 15.9 Å². The molecule has 0 saturated heterocycles. The molecule has 0 spiro atoms. The number of ether oxygens (including phenoxy) is 1. The van der Waals surface area contributed by atoms with Crippen LogP contribution in [0.2, 0.25) is 0 Å². The summed E-state index contributed by atoms with van der Waals surface area (Å²) in [7, 11) is -2.35. The van der Waals surface area contributed by atoms with E-state index in [2.05, 4.69) is 14.8 Å². The minimum Gasteiger partial charge on any atom is -0.456 e. The number of nitrogens with two attached hydrogens (primary N) is 1. The number of nitrogens with zero attached hydrogens (tertiary/aromatic N) is 4. The summed E-state index contributed by atoms with van der Waals surface area (Å²) < 4.78 is 38.2. The zero-order chi connectivity index (χ0) is 27.4. The Morgan fingerprint density at radius 1 is 1.03 bits per heavy atom. The number of anilines is 1. The van der Waals surface area contributed by atoms with Gasteiger partial charge >= 0.3 is 0 Å². The van der Waals surface area contributed by atoms with Crippen molar-refractivity contribution in [3.05, 3.63) is 95.4 Å². The van der Waals surface area contributed by atoms with Crippen molar-refractivity contribution < 1.29 is 22.7 Å². The average Bonchev–Trinajstić information content (AvgIpc) is 3.19. The first-order chi connectivity index (χ1) is 18.0. The average molecular weight is 535 g/mol. The minimum absolute atomic E-state index is 0.00390. The number of hydrogen-bond acceptors (Lipinski definition) is 6. The molecular weight excluding hydrogens is 508 g/mol. The maximum atomic E-state index is 12.8. The minimum atomic E-state index is -4.04. The van der Waals surface area contributed by atoms with Gasteiger partial charge in [0.1, 0.15) is 29.2 Å². The SMILES string of the molecule is Cc1ccc(S(=O)(=O)N=c2ccc(Oc3cccc(NC(=O)c4cc(C)nn4C)c3)cn2CC(N)=O)cc1. The first-order valence-electron chi connectivity index (χ1n) is 11.5. The van der Waals surface area contributed by atoms with Crippen LogP contribution in [0.1, 0.15) is 21.7 Å². The van der Waals surface area contributed by atoms with Gasteiger partial charge in [0.05, 0.1) is 10.6 Å². The first-order valence-corrected chi connectivity index (χ1v) is 12.9. The Morgan fingerprint density at radius 3 is 2.42 bits per heavy atom. The number of nitrogens with one attached hydrogen (secondary N) is 1. The van der Waals surface area contributed by atoms with E-state index in [9.17, 15) is 18.0 Å². The number of carbonyl (C=O) groups is 2. The van der Waals surface area contributed by atoms with Gasteiger partial charge in [-0.3, -0.25) is 14.3 Å². The van der Waals surface area contributed by atoms with Crippen molar-refractivity contribution in [3.63, 3.8) is 0 Å². The van der Waals surface area contributed by atoms with E-state index < -0.39 is 15.9 Å². The molecule has 2 aromatic heterocycles. The molecule has 0 aliphatic heterocycles. The van der Waals surface area contributed by atoms with E-state index in [-0.39, 0.29) is 22.8 Å². The monoisotopic (exact) mass is 534 g/mol. The van der Waals surface area contributed by atoms with Gasteiger partial charge in [-0.05, 0) is 56.3 Å². The van der Waals surface area contributed by atoms with Crippen LogP contribution in [0, 0.1) is 13.8 Å². The number of amides is 2. The molecule has 2 aromatic carbocycles. The number of aryl methyl sites for hydroxylation is 3. The van der Waals surface area contributed by atoms with E-state index in [1.165, 1.54) is 39.7 Å². The van der Waals surface area contributed by atoms with Crippen LogP contribution < -0.4 is 21.3 Å². The number of aromatic nitrogens is 3. The van der Waals surface area contributed by atoms with Gasteiger partial charge in [0.15, 0.2) is 0 Å². The van der Waals surface area contributed by atoms with Crippen molar-refractivity contribution in [1.82, 2.24) is 14.3 Å². The lowest BCUT2D eigenvalue weighted by molar-refractivity contribution is -0.118. The second-order valence-corrected chi connectivity index (χ2v) is 10.2. The van der Waals surface area contributed by atoms with Crippen LogP contribution in [0.25, 0.3) is 0 Å². The molecule has 0 radical (unpaired) electrons. The Bertz CT molecular complexity index is 1690. The fourth-order valence-corrected chi connectivity index (χ4v) is 4.63. The molecule has 0 bridgehead atoms. The third-order valence-corrected chi connectivity index (χ3v) is 6.69. The number of carbonyl (C=O) groups excluding carboxylic acids is 2. The van der Waals surface area contributed by atoms with Crippen molar-refractivity contribution in [1.29, 1.82) is 0 Å². The number of pyridine rings is 1. The molecule has 2 amide bonds. The summed E-state index contributed by atoms with van der Waals surface area (Å²) in [5.74, 6) is -0.327. The Balaban J connectivity index is 1.60. The normalized spacial score (nSPS) is 11.8. The summed E-state index contributed by atoms with van der Waals surface area (Å²) in [5, 5.41) is 6.98. The number of sulfonamides is 1. The van der Waals surface area contributed by atoms with E-state index in [1.807, 2.05) is 6.92 Å². The fourth-order valence-electron chi connectivity index (χ4n) is 3.63. The van der Waals surface area contributed by atoms with E-state index >= 15 is 0 Å². The van der Waals surface area contributed by atoms with E-state index in [0.717, 1.165) is 11.3 Å². The Kier molecular flexibility index (Phi) is 7.44. The molecule has 0 fully saturated rings. The van der Waals surface area contributed by atoms with Crippen molar-refractivity contribution in [3.8, 4) is 11.5 Å². The first kappa shape index (κ1) is 26.4. The highest BCUT2D eigenvalue weighted by molar-refractivity contribution is 7.90. The van der Waals surface area contributed by atoms with Crippen LogP contribution in [0.15, 0.2) is 82.2 Å². The zero-order valence-electron chi connectivity index (χ0n) is 21.0. The van der Waals surface area contributed by atoms with Crippen molar-refractivity contribution in [2.45, 2.75) is 25.3 Å². The van der Waals surface area contributed by atoms with Gasteiger partial charge in [0, 0.05) is 25.0 Å². The van der Waals surface area contributed by atoms with Crippen LogP contribution in [-0.4, -0.2) is 34.6 Å². The van der Waals surface area contributed by atoms with Crippen LogP contribution in [0.5, 0.6) is 11.5 Å². The van der Waals surface area contributed by atoms with Crippen molar-refractivity contribution in [2.24, 2.45) is 17.2 Å². The summed E-state index contributed by atoms with van der Waals surface area (Å²) in [6, 6.07) is 17.6. The molecular formula is C26H26N6O5S. The second kappa shape index (κ2) is 10.7. The third kappa shape index (κ3) is 6.34. The molecule has 0 atom stereocenters. The summed E-state index contributed by atoms with van der Waals surface area (Å²) in [5.41, 5.74) is 7.91. The van der Waals surface area contributed by atoms with Crippen LogP contribution in [0.3, 0.4) is 0 Å². The number of hydrogen-bond donors (Lipinski definition) is 2. The molecule has 12 heteroatoms. The highest BCUT2D eigenvalue weighted by Crippen LogP contribution is 2.24. The molecule has 0 unspecified atom stereocenters. The predicted molar refractivity (Wildman–Crippen MR) is 140 cm³/mol. The second-order valence-electron chi connectivity index (χ2n) is 8.58. The highest BCUT2D eigenvalue weighted by atomic mass is 32.2. The molecule has 38 heavy (non-hydrogen) atoms. The quantitative estimate of drug-likeness (QED) is 0.355. The van der Waals surface area contributed by atoms with Gasteiger partial charge in [0.2, 0.25) is 5.91 Å². The number of primary amides is 1. The van der Waals surface area contributed by atoms with E-state index in [0.29, 0.717) is 22.9 Å². The number of rotatable bonds is 8. The Hall–Kier alpha value is -4.71. The summed E-state index contributed by atoms with van der Waals surface area (Å²) in [6.07, 6.45) is 1.43. The maximum Gasteiger partial charge on any atom is 0.284 e. The molecule has 4 aromatic rings. The van der Waals surface area contributed by atoms with Gasteiger partial charge in [-0.25, -0.2) is 0 Å². The number of benzene rings is 2.